The summed E-state index contributed by atoms with van der Waals surface area (Å²) in [4.78, 5) is 25.2. The quantitative estimate of drug-likeness (QED) is 0.354. The molecule has 30 heavy (non-hydrogen) atoms. The van der Waals surface area contributed by atoms with Gasteiger partial charge in [0.25, 0.3) is 0 Å². The number of rotatable bonds is 2. The molecular formula is C24H20N4O2. The van der Waals surface area contributed by atoms with Crippen molar-refractivity contribution in [2.45, 2.75) is 0 Å². The van der Waals surface area contributed by atoms with Gasteiger partial charge in [-0.25, -0.2) is 20.4 Å². The number of aromatic nitrogens is 2. The molecule has 2 aromatic carbocycles. The summed E-state index contributed by atoms with van der Waals surface area (Å²) in [6.07, 6.45) is 5.12. The van der Waals surface area contributed by atoms with Gasteiger partial charge < -0.3 is 0 Å². The van der Waals surface area contributed by atoms with E-state index >= 15 is 0 Å². The van der Waals surface area contributed by atoms with E-state index in [2.05, 4.69) is 34.2 Å². The molecule has 2 aromatic heterocycles. The SMILES string of the molecule is N=C=O.N=C=O.c1ccc(-c2ccccn2)cc1.c1ccc(-c2ccccn2)cc1. The van der Waals surface area contributed by atoms with Gasteiger partial charge in [0.05, 0.1) is 11.4 Å². The van der Waals surface area contributed by atoms with Crippen molar-refractivity contribution in [1.82, 2.24) is 9.97 Å². The average molecular weight is 396 g/mol. The Morgan fingerprint density at radius 1 is 0.500 bits per heavy atom. The first kappa shape index (κ1) is 23.5. The van der Waals surface area contributed by atoms with Crippen molar-refractivity contribution in [1.29, 1.82) is 10.8 Å². The van der Waals surface area contributed by atoms with Crippen molar-refractivity contribution in [3.63, 3.8) is 0 Å². The Hall–Kier alpha value is -4.50. The molecule has 4 aromatic rings. The maximum Gasteiger partial charge on any atom is 0.231 e. The summed E-state index contributed by atoms with van der Waals surface area (Å²) in [6.45, 7) is 0. The van der Waals surface area contributed by atoms with Crippen LogP contribution in [-0.4, -0.2) is 22.1 Å². The molecule has 0 aliphatic heterocycles. The number of pyridine rings is 2. The third-order valence-corrected chi connectivity index (χ3v) is 3.47. The van der Waals surface area contributed by atoms with Crippen molar-refractivity contribution < 1.29 is 9.59 Å². The van der Waals surface area contributed by atoms with Gasteiger partial charge in [-0.1, -0.05) is 72.8 Å². The lowest BCUT2D eigenvalue weighted by atomic mass is 10.1. The second kappa shape index (κ2) is 15.5. The van der Waals surface area contributed by atoms with E-state index in [-0.39, 0.29) is 0 Å². The van der Waals surface area contributed by atoms with E-state index in [1.165, 1.54) is 0 Å². The molecule has 2 N–H and O–H groups in total. The van der Waals surface area contributed by atoms with Gasteiger partial charge in [-0.15, -0.1) is 0 Å². The third kappa shape index (κ3) is 9.44. The minimum atomic E-state index is 0.750. The van der Waals surface area contributed by atoms with Crippen molar-refractivity contribution in [2.24, 2.45) is 0 Å². The van der Waals surface area contributed by atoms with E-state index in [4.69, 9.17) is 20.4 Å². The van der Waals surface area contributed by atoms with Crippen LogP contribution in [0.3, 0.4) is 0 Å². The third-order valence-electron chi connectivity index (χ3n) is 3.47. The molecule has 0 fully saturated rings. The van der Waals surface area contributed by atoms with Crippen LogP contribution in [0.2, 0.25) is 0 Å². The average Bonchev–Trinajstić information content (AvgIpc) is 2.83. The van der Waals surface area contributed by atoms with Gasteiger partial charge >= 0.3 is 0 Å². The predicted octanol–water partition coefficient (Wildman–Crippen LogP) is 5.30. The Morgan fingerprint density at radius 3 is 1.07 bits per heavy atom. The summed E-state index contributed by atoms with van der Waals surface area (Å²) in [6, 6.07) is 32.2. The number of hydrogen-bond acceptors (Lipinski definition) is 6. The first-order valence-electron chi connectivity index (χ1n) is 8.77. The first-order chi connectivity index (χ1) is 14.8. The molecule has 0 amide bonds. The Balaban J connectivity index is 0.000000239. The Morgan fingerprint density at radius 2 is 0.800 bits per heavy atom. The predicted molar refractivity (Wildman–Crippen MR) is 116 cm³/mol. The highest BCUT2D eigenvalue weighted by molar-refractivity contribution is 5.58. The van der Waals surface area contributed by atoms with Gasteiger partial charge in [0.2, 0.25) is 12.2 Å². The molecule has 0 unspecified atom stereocenters. The number of nitrogens with one attached hydrogen (secondary N) is 2. The van der Waals surface area contributed by atoms with E-state index in [1.54, 1.807) is 0 Å². The minimum Gasteiger partial charge on any atom is -0.256 e. The molecule has 6 heteroatoms. The number of hydrogen-bond donors (Lipinski definition) is 2. The molecule has 0 spiro atoms. The smallest absolute Gasteiger partial charge is 0.231 e. The van der Waals surface area contributed by atoms with E-state index in [0.717, 1.165) is 34.7 Å². The molecule has 4 rings (SSSR count). The number of nitrogens with zero attached hydrogens (tertiary/aromatic N) is 2. The van der Waals surface area contributed by atoms with E-state index in [1.807, 2.05) is 85.2 Å². The molecule has 0 radical (unpaired) electrons. The highest BCUT2D eigenvalue weighted by Crippen LogP contribution is 2.15. The molecule has 0 atom stereocenters. The van der Waals surface area contributed by atoms with Crippen molar-refractivity contribution in [3.05, 3.63) is 109 Å². The Labute approximate surface area is 174 Å². The largest absolute Gasteiger partial charge is 0.256 e. The van der Waals surface area contributed by atoms with Crippen LogP contribution >= 0.6 is 0 Å². The molecule has 0 saturated carbocycles. The molecule has 0 aliphatic carbocycles. The van der Waals surface area contributed by atoms with E-state index in [0.29, 0.717) is 0 Å². The van der Waals surface area contributed by atoms with Gasteiger partial charge in [0.15, 0.2) is 0 Å². The van der Waals surface area contributed by atoms with Crippen molar-refractivity contribution in [2.75, 3.05) is 0 Å². The van der Waals surface area contributed by atoms with Gasteiger partial charge in [-0.05, 0) is 24.3 Å². The molecule has 0 saturated heterocycles. The normalized spacial score (nSPS) is 8.27. The number of isocyanates is 2. The first-order valence-corrected chi connectivity index (χ1v) is 8.77. The van der Waals surface area contributed by atoms with Gasteiger partial charge in [0, 0.05) is 23.5 Å². The maximum absolute atomic E-state index is 8.35. The highest BCUT2D eigenvalue weighted by atomic mass is 16.1. The Kier molecular flexibility index (Phi) is 12.2. The zero-order valence-electron chi connectivity index (χ0n) is 16.1. The zero-order chi connectivity index (χ0) is 21.9. The van der Waals surface area contributed by atoms with E-state index < -0.39 is 0 Å². The monoisotopic (exact) mass is 396 g/mol. The van der Waals surface area contributed by atoms with Crippen LogP contribution in [0.15, 0.2) is 109 Å². The lowest BCUT2D eigenvalue weighted by molar-refractivity contribution is 0.562. The van der Waals surface area contributed by atoms with Crippen LogP contribution in [0.1, 0.15) is 0 Å². The summed E-state index contributed by atoms with van der Waals surface area (Å²) in [7, 11) is 0. The standard InChI is InChI=1S/2C11H9N.2CHNO/c2*1-2-6-10(7-3-1)11-8-4-5-9-12-11;2*2-1-3/h2*1-9H;2*2H. The van der Waals surface area contributed by atoms with Crippen molar-refractivity contribution in [3.8, 4) is 22.5 Å². The molecule has 6 nitrogen and oxygen atoms in total. The van der Waals surface area contributed by atoms with Gasteiger partial charge in [-0.2, -0.15) is 0 Å². The molecule has 0 aliphatic rings. The molecular weight excluding hydrogens is 376 g/mol. The van der Waals surface area contributed by atoms with Crippen LogP contribution in [0.25, 0.3) is 22.5 Å². The van der Waals surface area contributed by atoms with Crippen LogP contribution in [0, 0.1) is 10.8 Å². The zero-order valence-corrected chi connectivity index (χ0v) is 16.1. The highest BCUT2D eigenvalue weighted by Gasteiger charge is 1.94. The summed E-state index contributed by atoms with van der Waals surface area (Å²) < 4.78 is 0. The summed E-state index contributed by atoms with van der Waals surface area (Å²) >= 11 is 0. The fourth-order valence-corrected chi connectivity index (χ4v) is 2.28. The Bertz CT molecular complexity index is 852. The summed E-state index contributed by atoms with van der Waals surface area (Å²) in [5.74, 6) is 0. The van der Waals surface area contributed by atoms with Crippen LogP contribution in [-0.2, 0) is 9.59 Å². The second-order valence-corrected chi connectivity index (χ2v) is 5.37. The lowest BCUT2D eigenvalue weighted by Gasteiger charge is -1.97. The molecule has 2 heterocycles. The topological polar surface area (TPSA) is 108 Å². The summed E-state index contributed by atoms with van der Waals surface area (Å²) in [5.41, 5.74) is 4.38. The fourth-order valence-electron chi connectivity index (χ4n) is 2.28. The van der Waals surface area contributed by atoms with Gasteiger partial charge in [0.1, 0.15) is 0 Å². The van der Waals surface area contributed by atoms with Crippen LogP contribution in [0.5, 0.6) is 0 Å². The number of carbonyl (C=O) groups excluding carboxylic acids is 2. The second-order valence-electron chi connectivity index (χ2n) is 5.37. The van der Waals surface area contributed by atoms with Crippen molar-refractivity contribution >= 4 is 12.2 Å². The van der Waals surface area contributed by atoms with Crippen LogP contribution in [0.4, 0.5) is 0 Å². The lowest BCUT2D eigenvalue weighted by Crippen LogP contribution is -1.79. The minimum absolute atomic E-state index is 0.750. The maximum atomic E-state index is 8.35. The van der Waals surface area contributed by atoms with Gasteiger partial charge in [-0.3, -0.25) is 9.97 Å². The molecule has 0 bridgehead atoms. The fraction of sp³-hybridized carbons (Fsp3) is 0. The van der Waals surface area contributed by atoms with E-state index in [9.17, 15) is 0 Å². The number of benzene rings is 2. The molecule has 148 valence electrons. The van der Waals surface area contributed by atoms with Crippen LogP contribution < -0.4 is 0 Å². The summed E-state index contributed by atoms with van der Waals surface area (Å²) in [5, 5.41) is 10.8.